The van der Waals surface area contributed by atoms with E-state index >= 15 is 0 Å². The lowest BCUT2D eigenvalue weighted by Gasteiger charge is -2.13. The van der Waals surface area contributed by atoms with E-state index in [1.807, 2.05) is 51.1 Å². The number of aromatic hydroxyl groups is 1. The Bertz CT molecular complexity index is 947. The summed E-state index contributed by atoms with van der Waals surface area (Å²) < 4.78 is 11.5. The molecule has 3 aromatic rings. The number of ketones is 1. The molecule has 0 saturated heterocycles. The van der Waals surface area contributed by atoms with Crippen molar-refractivity contribution in [2.45, 2.75) is 45.3 Å². The summed E-state index contributed by atoms with van der Waals surface area (Å²) in [6.07, 6.45) is 2.11. The largest absolute Gasteiger partial charge is 0.507 e. The van der Waals surface area contributed by atoms with E-state index < -0.39 is 0 Å². The van der Waals surface area contributed by atoms with Gasteiger partial charge in [-0.25, -0.2) is 4.98 Å². The number of phenols is 1. The van der Waals surface area contributed by atoms with Crippen molar-refractivity contribution in [2.24, 2.45) is 5.92 Å². The highest BCUT2D eigenvalue weighted by Crippen LogP contribution is 2.31. The van der Waals surface area contributed by atoms with Crippen molar-refractivity contribution in [2.75, 3.05) is 12.4 Å². The monoisotopic (exact) mass is 413 g/mol. The molecular formula is C23H27NO4S. The zero-order chi connectivity index (χ0) is 20.8. The molecule has 0 amide bonds. The molecule has 1 N–H and O–H groups in total. The van der Waals surface area contributed by atoms with Gasteiger partial charge in [-0.2, -0.15) is 0 Å². The van der Waals surface area contributed by atoms with Crippen LogP contribution in [0.3, 0.4) is 0 Å². The number of hydrogen-bond donors (Lipinski definition) is 1. The highest BCUT2D eigenvalue weighted by atomic mass is 32.2. The lowest BCUT2D eigenvalue weighted by molar-refractivity contribution is -0.121. The number of benzene rings is 2. The number of carbonyl (C=O) groups excluding carboxylic acids is 1. The topological polar surface area (TPSA) is 72.6 Å². The quantitative estimate of drug-likeness (QED) is 0.346. The minimum atomic E-state index is -0.0433. The Hall–Kier alpha value is -2.47. The molecule has 1 heterocycles. The summed E-state index contributed by atoms with van der Waals surface area (Å²) in [6.45, 7) is 6.12. The second-order valence-electron chi connectivity index (χ2n) is 7.35. The fraction of sp³-hybridized carbons (Fsp3) is 0.391. The molecule has 0 spiro atoms. The van der Waals surface area contributed by atoms with Gasteiger partial charge < -0.3 is 14.3 Å². The predicted octanol–water partition coefficient (Wildman–Crippen LogP) is 5.56. The van der Waals surface area contributed by atoms with Crippen LogP contribution in [0.1, 0.15) is 37.8 Å². The van der Waals surface area contributed by atoms with E-state index in [1.54, 1.807) is 17.8 Å². The molecule has 6 heteroatoms. The van der Waals surface area contributed by atoms with Gasteiger partial charge in [-0.3, -0.25) is 4.79 Å². The minimum absolute atomic E-state index is 0.0433. The summed E-state index contributed by atoms with van der Waals surface area (Å²) >= 11 is 1.60. The molecule has 0 aliphatic carbocycles. The van der Waals surface area contributed by atoms with Crippen LogP contribution in [0.25, 0.3) is 11.1 Å². The summed E-state index contributed by atoms with van der Waals surface area (Å²) in [4.78, 5) is 16.4. The Balaban J connectivity index is 1.43. The zero-order valence-electron chi connectivity index (χ0n) is 17.1. The van der Waals surface area contributed by atoms with Gasteiger partial charge in [-0.1, -0.05) is 43.8 Å². The zero-order valence-corrected chi connectivity index (χ0v) is 17.9. The van der Waals surface area contributed by atoms with Crippen LogP contribution in [0.4, 0.5) is 0 Å². The number of carbonyl (C=O) groups is 1. The van der Waals surface area contributed by atoms with E-state index in [9.17, 15) is 9.90 Å². The van der Waals surface area contributed by atoms with Gasteiger partial charge in [0.1, 0.15) is 22.8 Å². The van der Waals surface area contributed by atoms with Gasteiger partial charge >= 0.3 is 0 Å². The maximum absolute atomic E-state index is 11.9. The smallest absolute Gasteiger partial charge is 0.256 e. The third kappa shape index (κ3) is 5.54. The number of phenolic OH excluding ortho intramolecular Hbond substituents is 1. The third-order valence-electron chi connectivity index (χ3n) is 4.77. The average molecular weight is 414 g/mol. The molecule has 154 valence electrons. The van der Waals surface area contributed by atoms with Gasteiger partial charge in [0, 0.05) is 29.2 Å². The number of thioether (sulfide) groups is 1. The van der Waals surface area contributed by atoms with Crippen molar-refractivity contribution in [1.82, 2.24) is 4.98 Å². The van der Waals surface area contributed by atoms with Gasteiger partial charge in [0.05, 0.1) is 6.61 Å². The predicted molar refractivity (Wildman–Crippen MR) is 116 cm³/mol. The first kappa shape index (κ1) is 21.2. The number of oxazole rings is 1. The Morgan fingerprint density at radius 3 is 2.76 bits per heavy atom. The molecule has 0 aliphatic rings. The van der Waals surface area contributed by atoms with Gasteiger partial charge in [-0.15, -0.1) is 0 Å². The highest BCUT2D eigenvalue weighted by Gasteiger charge is 2.15. The van der Waals surface area contributed by atoms with Crippen LogP contribution < -0.4 is 4.74 Å². The molecule has 3 rings (SSSR count). The van der Waals surface area contributed by atoms with Gasteiger partial charge in [0.2, 0.25) is 0 Å². The number of hydrogen-bond acceptors (Lipinski definition) is 6. The highest BCUT2D eigenvalue weighted by molar-refractivity contribution is 7.99. The number of fused-ring (bicyclic) bond motifs is 1. The molecule has 0 aliphatic heterocycles. The Morgan fingerprint density at radius 2 is 2.00 bits per heavy atom. The van der Waals surface area contributed by atoms with Crippen LogP contribution in [0.15, 0.2) is 46.0 Å². The van der Waals surface area contributed by atoms with E-state index in [-0.39, 0.29) is 23.9 Å². The fourth-order valence-corrected chi connectivity index (χ4v) is 3.72. The van der Waals surface area contributed by atoms with Gasteiger partial charge in [0.15, 0.2) is 5.58 Å². The van der Waals surface area contributed by atoms with E-state index in [2.05, 4.69) is 4.98 Å². The average Bonchev–Trinajstić information content (AvgIpc) is 3.12. The number of nitrogens with zero attached hydrogens (tertiary/aromatic N) is 1. The normalized spacial score (nSPS) is 11.3. The van der Waals surface area contributed by atoms with E-state index in [0.717, 1.165) is 29.7 Å². The van der Waals surface area contributed by atoms with Crippen molar-refractivity contribution in [3.8, 4) is 11.5 Å². The Kier molecular flexibility index (Phi) is 7.20. The van der Waals surface area contributed by atoms with Crippen LogP contribution in [-0.2, 0) is 11.2 Å². The molecule has 1 aromatic heterocycles. The van der Waals surface area contributed by atoms with Crippen LogP contribution >= 0.6 is 11.8 Å². The summed E-state index contributed by atoms with van der Waals surface area (Å²) in [7, 11) is 0. The van der Waals surface area contributed by atoms with Crippen molar-refractivity contribution in [1.29, 1.82) is 0 Å². The SMILES string of the molecule is Cc1c(OCCCCSc2nc3ccccc3o2)ccc(CC(=O)C(C)C)c1O. The fourth-order valence-electron chi connectivity index (χ4n) is 2.89. The van der Waals surface area contributed by atoms with E-state index in [0.29, 0.717) is 28.7 Å². The van der Waals surface area contributed by atoms with Crippen LogP contribution in [0, 0.1) is 12.8 Å². The number of unbranched alkanes of at least 4 members (excludes halogenated alkanes) is 1. The Morgan fingerprint density at radius 1 is 1.21 bits per heavy atom. The maximum Gasteiger partial charge on any atom is 0.256 e. The van der Waals surface area contributed by atoms with Crippen LogP contribution in [-0.4, -0.2) is 28.2 Å². The number of para-hydroxylation sites is 2. The first-order valence-electron chi connectivity index (χ1n) is 9.91. The molecule has 5 nitrogen and oxygen atoms in total. The standard InChI is InChI=1S/C23H27NO4S/c1-15(2)19(25)14-17-10-11-20(16(3)22(17)26)27-12-6-7-13-29-23-24-18-8-4-5-9-21(18)28-23/h4-5,8-11,15,26H,6-7,12-14H2,1-3H3. The lowest BCUT2D eigenvalue weighted by Crippen LogP contribution is -2.10. The lowest BCUT2D eigenvalue weighted by atomic mass is 9.98. The van der Waals surface area contributed by atoms with E-state index in [4.69, 9.17) is 9.15 Å². The molecule has 0 saturated carbocycles. The van der Waals surface area contributed by atoms with Gasteiger partial charge in [0.25, 0.3) is 5.22 Å². The summed E-state index contributed by atoms with van der Waals surface area (Å²) in [5.74, 6) is 1.79. The first-order chi connectivity index (χ1) is 14.0. The van der Waals surface area contributed by atoms with Crippen molar-refractivity contribution < 1.29 is 19.1 Å². The molecule has 0 atom stereocenters. The van der Waals surface area contributed by atoms with Crippen molar-refractivity contribution in [3.63, 3.8) is 0 Å². The number of Topliss-reactive ketones (excluding diaryl/α,β-unsaturated/α-hetero) is 1. The van der Waals surface area contributed by atoms with Gasteiger partial charge in [-0.05, 0) is 38.0 Å². The molecular weight excluding hydrogens is 386 g/mol. The number of ether oxygens (including phenoxy) is 1. The van der Waals surface area contributed by atoms with Crippen LogP contribution in [0.5, 0.6) is 11.5 Å². The second-order valence-corrected chi connectivity index (χ2v) is 8.39. The minimum Gasteiger partial charge on any atom is -0.507 e. The Labute approximate surface area is 175 Å². The van der Waals surface area contributed by atoms with Crippen molar-refractivity contribution >= 4 is 28.6 Å². The summed E-state index contributed by atoms with van der Waals surface area (Å²) in [5.41, 5.74) is 3.03. The third-order valence-corrected chi connectivity index (χ3v) is 5.68. The first-order valence-corrected chi connectivity index (χ1v) is 10.9. The number of rotatable bonds is 10. The second kappa shape index (κ2) is 9.83. The van der Waals surface area contributed by atoms with Crippen LogP contribution in [0.2, 0.25) is 0 Å². The molecule has 0 fully saturated rings. The van der Waals surface area contributed by atoms with E-state index in [1.165, 1.54) is 0 Å². The molecule has 2 aromatic carbocycles. The summed E-state index contributed by atoms with van der Waals surface area (Å²) in [6, 6.07) is 11.4. The molecule has 0 bridgehead atoms. The maximum atomic E-state index is 11.9. The molecule has 0 unspecified atom stereocenters. The van der Waals surface area contributed by atoms with Crippen molar-refractivity contribution in [3.05, 3.63) is 47.5 Å². The summed E-state index contributed by atoms with van der Waals surface area (Å²) in [5, 5.41) is 11.1. The molecule has 0 radical (unpaired) electrons. The molecule has 29 heavy (non-hydrogen) atoms. The number of aromatic nitrogens is 1.